The highest BCUT2D eigenvalue weighted by Crippen LogP contribution is 2.49. The van der Waals surface area contributed by atoms with Gasteiger partial charge in [0, 0.05) is 30.2 Å². The summed E-state index contributed by atoms with van der Waals surface area (Å²) in [6.07, 6.45) is 5.82. The third kappa shape index (κ3) is 3.41. The molecule has 0 saturated heterocycles. The lowest BCUT2D eigenvalue weighted by Gasteiger charge is -2.30. The van der Waals surface area contributed by atoms with Crippen LogP contribution >= 0.6 is 15.9 Å². The first kappa shape index (κ1) is 17.2. The number of hydrogen-bond donors (Lipinski definition) is 0. The van der Waals surface area contributed by atoms with Gasteiger partial charge in [0.15, 0.2) is 0 Å². The van der Waals surface area contributed by atoms with Crippen molar-refractivity contribution in [1.29, 1.82) is 0 Å². The monoisotopic (exact) mass is 389 g/mol. The van der Waals surface area contributed by atoms with E-state index in [1.54, 1.807) is 0 Å². The molecule has 1 aliphatic carbocycles. The zero-order valence-electron chi connectivity index (χ0n) is 14.4. The lowest BCUT2D eigenvalue weighted by Crippen LogP contribution is -2.35. The molecule has 0 N–H and O–H groups in total. The Hall–Kier alpha value is -1.62. The number of hydrogen-bond acceptors (Lipinski definition) is 2. The summed E-state index contributed by atoms with van der Waals surface area (Å²) in [5.74, 6) is 0.705. The van der Waals surface area contributed by atoms with Crippen LogP contribution in [0, 0.1) is 5.92 Å². The van der Waals surface area contributed by atoms with Crippen molar-refractivity contribution < 1.29 is 4.79 Å². The van der Waals surface area contributed by atoms with Crippen LogP contribution in [0.5, 0.6) is 0 Å². The van der Waals surface area contributed by atoms with Gasteiger partial charge in [-0.15, -0.1) is 0 Å². The fourth-order valence-electron chi connectivity index (χ4n) is 3.40. The number of benzene rings is 1. The molecule has 0 spiro atoms. The predicted octanol–water partition coefficient (Wildman–Crippen LogP) is 4.29. The van der Waals surface area contributed by atoms with Crippen LogP contribution in [0.4, 0.5) is 0 Å². The average Bonchev–Trinajstić information content (AvgIpc) is 3.26. The SMILES string of the molecule is CCCN(C(=O)C1CC1c1cnn(C)c1)C(C)c1ccccc1Br. The Bertz CT molecular complexity index is 727. The Morgan fingerprint density at radius 3 is 2.83 bits per heavy atom. The second kappa shape index (κ2) is 7.09. The van der Waals surface area contributed by atoms with Gasteiger partial charge in [-0.1, -0.05) is 41.1 Å². The van der Waals surface area contributed by atoms with Gasteiger partial charge in [0.05, 0.1) is 12.2 Å². The largest absolute Gasteiger partial charge is 0.336 e. The molecular weight excluding hydrogens is 366 g/mol. The molecular formula is C19H24BrN3O. The van der Waals surface area contributed by atoms with Gasteiger partial charge in [-0.05, 0) is 42.9 Å². The van der Waals surface area contributed by atoms with Gasteiger partial charge in [0.1, 0.15) is 0 Å². The molecule has 4 nitrogen and oxygen atoms in total. The minimum atomic E-state index is 0.0724. The van der Waals surface area contributed by atoms with Crippen molar-refractivity contribution in [3.63, 3.8) is 0 Å². The Labute approximate surface area is 152 Å². The molecule has 0 radical (unpaired) electrons. The third-order valence-electron chi connectivity index (χ3n) is 4.83. The van der Waals surface area contributed by atoms with Crippen LogP contribution in [0.3, 0.4) is 0 Å². The molecule has 5 heteroatoms. The van der Waals surface area contributed by atoms with Crippen LogP contribution in [0.2, 0.25) is 0 Å². The highest BCUT2D eigenvalue weighted by molar-refractivity contribution is 9.10. The van der Waals surface area contributed by atoms with E-state index in [2.05, 4.69) is 40.9 Å². The van der Waals surface area contributed by atoms with E-state index in [1.165, 1.54) is 5.56 Å². The highest BCUT2D eigenvalue weighted by atomic mass is 79.9. The van der Waals surface area contributed by atoms with Crippen LogP contribution in [0.25, 0.3) is 0 Å². The van der Waals surface area contributed by atoms with Gasteiger partial charge in [-0.2, -0.15) is 5.10 Å². The van der Waals surface area contributed by atoms with Crippen molar-refractivity contribution in [2.75, 3.05) is 6.54 Å². The fraction of sp³-hybridized carbons (Fsp3) is 0.474. The number of aryl methyl sites for hydroxylation is 1. The number of amides is 1. The average molecular weight is 390 g/mol. The summed E-state index contributed by atoms with van der Waals surface area (Å²) in [4.78, 5) is 15.1. The molecule has 0 bridgehead atoms. The lowest BCUT2D eigenvalue weighted by molar-refractivity contribution is -0.135. The van der Waals surface area contributed by atoms with Crippen molar-refractivity contribution >= 4 is 21.8 Å². The summed E-state index contributed by atoms with van der Waals surface area (Å²) < 4.78 is 2.87. The van der Waals surface area contributed by atoms with Crippen molar-refractivity contribution in [2.24, 2.45) is 13.0 Å². The van der Waals surface area contributed by atoms with Crippen LogP contribution in [0.1, 0.15) is 49.8 Å². The number of rotatable bonds is 6. The lowest BCUT2D eigenvalue weighted by atomic mass is 10.1. The molecule has 1 saturated carbocycles. The molecule has 24 heavy (non-hydrogen) atoms. The van der Waals surface area contributed by atoms with Crippen LogP contribution in [-0.2, 0) is 11.8 Å². The van der Waals surface area contributed by atoms with Crippen molar-refractivity contribution in [2.45, 2.75) is 38.6 Å². The molecule has 128 valence electrons. The number of carbonyl (C=O) groups is 1. The second-order valence-electron chi connectivity index (χ2n) is 6.63. The zero-order valence-corrected chi connectivity index (χ0v) is 16.0. The van der Waals surface area contributed by atoms with E-state index in [4.69, 9.17) is 0 Å². The Morgan fingerprint density at radius 2 is 2.21 bits per heavy atom. The number of halogens is 1. The van der Waals surface area contributed by atoms with Gasteiger partial charge in [0.25, 0.3) is 0 Å². The summed E-state index contributed by atoms with van der Waals surface area (Å²) in [7, 11) is 1.92. The van der Waals surface area contributed by atoms with E-state index >= 15 is 0 Å². The summed E-state index contributed by atoms with van der Waals surface area (Å²) in [6, 6.07) is 8.24. The minimum Gasteiger partial charge on any atom is -0.336 e. The Kier molecular flexibility index (Phi) is 5.09. The Balaban J connectivity index is 1.76. The minimum absolute atomic E-state index is 0.0724. The van der Waals surface area contributed by atoms with E-state index in [-0.39, 0.29) is 17.9 Å². The molecule has 1 aromatic carbocycles. The summed E-state index contributed by atoms with van der Waals surface area (Å²) in [5.41, 5.74) is 2.35. The van der Waals surface area contributed by atoms with Gasteiger partial charge in [-0.3, -0.25) is 9.48 Å². The quantitative estimate of drug-likeness (QED) is 0.738. The summed E-state index contributed by atoms with van der Waals surface area (Å²) in [6.45, 7) is 5.03. The van der Waals surface area contributed by atoms with E-state index in [0.29, 0.717) is 5.92 Å². The molecule has 2 aromatic rings. The first-order valence-corrected chi connectivity index (χ1v) is 9.35. The third-order valence-corrected chi connectivity index (χ3v) is 5.55. The van der Waals surface area contributed by atoms with E-state index in [0.717, 1.165) is 29.4 Å². The number of aromatic nitrogens is 2. The predicted molar refractivity (Wildman–Crippen MR) is 98.6 cm³/mol. The van der Waals surface area contributed by atoms with E-state index in [9.17, 15) is 4.79 Å². The number of carbonyl (C=O) groups excluding carboxylic acids is 1. The standard InChI is InChI=1S/C19H24BrN3O/c1-4-9-23(13(2)15-7-5-6-8-18(15)20)19(24)17-10-16(17)14-11-21-22(3)12-14/h5-8,11-13,16-17H,4,9-10H2,1-3H3. The van der Waals surface area contributed by atoms with Crippen LogP contribution < -0.4 is 0 Å². The Morgan fingerprint density at radius 1 is 1.46 bits per heavy atom. The van der Waals surface area contributed by atoms with Gasteiger partial charge in [-0.25, -0.2) is 0 Å². The van der Waals surface area contributed by atoms with E-state index < -0.39 is 0 Å². The van der Waals surface area contributed by atoms with Crippen LogP contribution in [0.15, 0.2) is 41.1 Å². The topological polar surface area (TPSA) is 38.1 Å². The highest BCUT2D eigenvalue weighted by Gasteiger charge is 2.47. The molecule has 1 aliphatic rings. The smallest absolute Gasteiger partial charge is 0.226 e. The first-order chi connectivity index (χ1) is 11.5. The molecule has 1 fully saturated rings. The maximum Gasteiger partial charge on any atom is 0.226 e. The normalized spacial score (nSPS) is 20.7. The van der Waals surface area contributed by atoms with E-state index in [1.807, 2.05) is 47.2 Å². The van der Waals surface area contributed by atoms with Gasteiger partial charge < -0.3 is 4.90 Å². The van der Waals surface area contributed by atoms with Crippen LogP contribution in [-0.4, -0.2) is 27.1 Å². The number of nitrogens with zero attached hydrogens (tertiary/aromatic N) is 3. The first-order valence-electron chi connectivity index (χ1n) is 8.56. The maximum atomic E-state index is 13.1. The molecule has 3 atom stereocenters. The van der Waals surface area contributed by atoms with Crippen molar-refractivity contribution in [3.8, 4) is 0 Å². The zero-order chi connectivity index (χ0) is 17.3. The molecule has 3 rings (SSSR count). The molecule has 0 aliphatic heterocycles. The second-order valence-corrected chi connectivity index (χ2v) is 7.48. The van der Waals surface area contributed by atoms with Crippen molar-refractivity contribution in [1.82, 2.24) is 14.7 Å². The maximum absolute atomic E-state index is 13.1. The molecule has 1 aromatic heterocycles. The molecule has 3 unspecified atom stereocenters. The van der Waals surface area contributed by atoms with Gasteiger partial charge >= 0.3 is 0 Å². The summed E-state index contributed by atoms with van der Waals surface area (Å²) in [5, 5.41) is 4.23. The molecule has 1 amide bonds. The fourth-order valence-corrected chi connectivity index (χ4v) is 4.01. The van der Waals surface area contributed by atoms with Gasteiger partial charge in [0.2, 0.25) is 5.91 Å². The molecule has 1 heterocycles. The summed E-state index contributed by atoms with van der Waals surface area (Å²) >= 11 is 3.62. The van der Waals surface area contributed by atoms with Crippen molar-refractivity contribution in [3.05, 3.63) is 52.3 Å².